The van der Waals surface area contributed by atoms with E-state index in [9.17, 15) is 0 Å². The van der Waals surface area contributed by atoms with E-state index in [4.69, 9.17) is 0 Å². The highest BCUT2D eigenvalue weighted by Crippen LogP contribution is 2.24. The van der Waals surface area contributed by atoms with Crippen LogP contribution < -0.4 is 0 Å². The molecule has 0 amide bonds. The SMILES string of the molecule is Cc1ccc2cnc(CC(C)c3ccc4ncccc4c3)cc2c1. The Balaban J connectivity index is 1.63. The molecule has 2 heteroatoms. The predicted molar refractivity (Wildman–Crippen MR) is 100 cm³/mol. The minimum atomic E-state index is 0.421. The minimum absolute atomic E-state index is 0.421. The Bertz CT molecular complexity index is 1020. The summed E-state index contributed by atoms with van der Waals surface area (Å²) in [5.74, 6) is 0.421. The molecule has 0 saturated carbocycles. The fourth-order valence-corrected chi connectivity index (χ4v) is 3.25. The van der Waals surface area contributed by atoms with Crippen LogP contribution in [0.1, 0.15) is 29.7 Å². The number of fused-ring (bicyclic) bond motifs is 2. The molecule has 0 aliphatic heterocycles. The Kier molecular flexibility index (Phi) is 3.73. The summed E-state index contributed by atoms with van der Waals surface area (Å²) in [6, 6.07) is 19.4. The second-order valence-electron chi connectivity index (χ2n) is 6.59. The maximum Gasteiger partial charge on any atom is 0.0702 e. The Morgan fingerprint density at radius 1 is 0.875 bits per heavy atom. The molecule has 0 spiro atoms. The van der Waals surface area contributed by atoms with Gasteiger partial charge < -0.3 is 0 Å². The van der Waals surface area contributed by atoms with Crippen LogP contribution in [-0.4, -0.2) is 9.97 Å². The lowest BCUT2D eigenvalue weighted by Gasteiger charge is -2.13. The van der Waals surface area contributed by atoms with Gasteiger partial charge >= 0.3 is 0 Å². The van der Waals surface area contributed by atoms with E-state index >= 15 is 0 Å². The summed E-state index contributed by atoms with van der Waals surface area (Å²) in [4.78, 5) is 9.05. The van der Waals surface area contributed by atoms with Gasteiger partial charge in [-0.25, -0.2) is 0 Å². The average molecular weight is 312 g/mol. The molecule has 1 unspecified atom stereocenters. The van der Waals surface area contributed by atoms with Gasteiger partial charge in [0.15, 0.2) is 0 Å². The number of benzene rings is 2. The fourth-order valence-electron chi connectivity index (χ4n) is 3.25. The van der Waals surface area contributed by atoms with Crippen molar-refractivity contribution in [2.75, 3.05) is 0 Å². The van der Waals surface area contributed by atoms with E-state index in [0.717, 1.165) is 17.6 Å². The topological polar surface area (TPSA) is 25.8 Å². The number of hydrogen-bond donors (Lipinski definition) is 0. The molecule has 2 aromatic heterocycles. The normalized spacial score (nSPS) is 12.6. The molecule has 1 atom stereocenters. The molecule has 2 heterocycles. The van der Waals surface area contributed by atoms with E-state index in [1.54, 1.807) is 0 Å². The average Bonchev–Trinajstić information content (AvgIpc) is 2.61. The number of aryl methyl sites for hydroxylation is 1. The van der Waals surface area contributed by atoms with Crippen LogP contribution in [0.5, 0.6) is 0 Å². The fraction of sp³-hybridized carbons (Fsp3) is 0.182. The molecule has 0 radical (unpaired) electrons. The summed E-state index contributed by atoms with van der Waals surface area (Å²) in [5.41, 5.74) is 4.82. The largest absolute Gasteiger partial charge is 0.261 e. The molecule has 4 rings (SSSR count). The van der Waals surface area contributed by atoms with Crippen LogP contribution in [0, 0.1) is 6.92 Å². The Hall–Kier alpha value is -2.74. The van der Waals surface area contributed by atoms with E-state index in [1.807, 2.05) is 18.5 Å². The van der Waals surface area contributed by atoms with Gasteiger partial charge in [0.05, 0.1) is 5.52 Å². The first-order valence-electron chi connectivity index (χ1n) is 8.39. The number of nitrogens with zero attached hydrogens (tertiary/aromatic N) is 2. The van der Waals surface area contributed by atoms with E-state index in [-0.39, 0.29) is 0 Å². The standard InChI is InChI=1S/C22H20N2/c1-15-5-6-19-14-24-21(13-20(19)10-15)11-16(2)17-7-8-22-18(12-17)4-3-9-23-22/h3-10,12-14,16H,11H2,1-2H3. The smallest absolute Gasteiger partial charge is 0.0702 e. The van der Waals surface area contributed by atoms with Gasteiger partial charge in [-0.05, 0) is 54.5 Å². The maximum absolute atomic E-state index is 4.65. The molecule has 24 heavy (non-hydrogen) atoms. The molecule has 118 valence electrons. The molecule has 0 aliphatic carbocycles. The second kappa shape index (κ2) is 6.04. The summed E-state index contributed by atoms with van der Waals surface area (Å²) in [5, 5.41) is 3.67. The molecule has 0 N–H and O–H groups in total. The minimum Gasteiger partial charge on any atom is -0.261 e. The summed E-state index contributed by atoms with van der Waals surface area (Å²) >= 11 is 0. The summed E-state index contributed by atoms with van der Waals surface area (Å²) < 4.78 is 0. The number of rotatable bonds is 3. The zero-order chi connectivity index (χ0) is 16.5. The number of aromatic nitrogens is 2. The van der Waals surface area contributed by atoms with Crippen molar-refractivity contribution in [1.82, 2.24) is 9.97 Å². The molecular formula is C22H20N2. The second-order valence-corrected chi connectivity index (χ2v) is 6.59. The van der Waals surface area contributed by atoms with Gasteiger partial charge in [0.1, 0.15) is 0 Å². The van der Waals surface area contributed by atoms with Gasteiger partial charge in [-0.3, -0.25) is 9.97 Å². The van der Waals surface area contributed by atoms with Crippen LogP contribution in [0.3, 0.4) is 0 Å². The monoisotopic (exact) mass is 312 g/mol. The van der Waals surface area contributed by atoms with Crippen molar-refractivity contribution in [3.8, 4) is 0 Å². The molecule has 2 aromatic carbocycles. The highest BCUT2D eigenvalue weighted by molar-refractivity contribution is 5.82. The zero-order valence-corrected chi connectivity index (χ0v) is 14.0. The Morgan fingerprint density at radius 3 is 2.71 bits per heavy atom. The van der Waals surface area contributed by atoms with Crippen LogP contribution in [0.2, 0.25) is 0 Å². The lowest BCUT2D eigenvalue weighted by molar-refractivity contribution is 0.743. The van der Waals surface area contributed by atoms with Gasteiger partial charge in [0.25, 0.3) is 0 Å². The van der Waals surface area contributed by atoms with Gasteiger partial charge in [-0.1, -0.05) is 42.8 Å². The van der Waals surface area contributed by atoms with E-state index < -0.39 is 0 Å². The predicted octanol–water partition coefficient (Wildman–Crippen LogP) is 5.44. The van der Waals surface area contributed by atoms with Crippen molar-refractivity contribution >= 4 is 21.7 Å². The van der Waals surface area contributed by atoms with E-state index in [2.05, 4.69) is 72.3 Å². The first-order chi connectivity index (χ1) is 11.7. The van der Waals surface area contributed by atoms with E-state index in [1.165, 1.54) is 27.3 Å². The Labute approximate surface area is 142 Å². The van der Waals surface area contributed by atoms with Crippen LogP contribution in [0.25, 0.3) is 21.7 Å². The van der Waals surface area contributed by atoms with Crippen molar-refractivity contribution in [3.05, 3.63) is 83.8 Å². The first kappa shape index (κ1) is 14.8. The van der Waals surface area contributed by atoms with Crippen molar-refractivity contribution < 1.29 is 0 Å². The third-order valence-electron chi connectivity index (χ3n) is 4.65. The number of hydrogen-bond acceptors (Lipinski definition) is 2. The van der Waals surface area contributed by atoms with Crippen LogP contribution in [0.15, 0.2) is 67.0 Å². The first-order valence-corrected chi connectivity index (χ1v) is 8.39. The van der Waals surface area contributed by atoms with Gasteiger partial charge in [0.2, 0.25) is 0 Å². The van der Waals surface area contributed by atoms with Gasteiger partial charge in [0, 0.05) is 28.9 Å². The maximum atomic E-state index is 4.65. The zero-order valence-electron chi connectivity index (χ0n) is 14.0. The number of pyridine rings is 2. The Morgan fingerprint density at radius 2 is 1.79 bits per heavy atom. The van der Waals surface area contributed by atoms with E-state index in [0.29, 0.717) is 5.92 Å². The molecular weight excluding hydrogens is 292 g/mol. The van der Waals surface area contributed by atoms with Gasteiger partial charge in [-0.15, -0.1) is 0 Å². The van der Waals surface area contributed by atoms with Crippen molar-refractivity contribution in [2.45, 2.75) is 26.2 Å². The highest BCUT2D eigenvalue weighted by atomic mass is 14.7. The third kappa shape index (κ3) is 2.88. The van der Waals surface area contributed by atoms with Crippen molar-refractivity contribution in [2.24, 2.45) is 0 Å². The summed E-state index contributed by atoms with van der Waals surface area (Å²) in [6.07, 6.45) is 4.77. The molecule has 2 nitrogen and oxygen atoms in total. The molecule has 0 saturated heterocycles. The van der Waals surface area contributed by atoms with Crippen LogP contribution in [0.4, 0.5) is 0 Å². The molecule has 0 aliphatic rings. The molecule has 4 aromatic rings. The lowest BCUT2D eigenvalue weighted by Crippen LogP contribution is -2.00. The van der Waals surface area contributed by atoms with Crippen LogP contribution >= 0.6 is 0 Å². The quantitative estimate of drug-likeness (QED) is 0.503. The van der Waals surface area contributed by atoms with Crippen molar-refractivity contribution in [1.29, 1.82) is 0 Å². The summed E-state index contributed by atoms with van der Waals surface area (Å²) in [6.45, 7) is 4.39. The lowest BCUT2D eigenvalue weighted by atomic mass is 9.94. The van der Waals surface area contributed by atoms with Gasteiger partial charge in [-0.2, -0.15) is 0 Å². The third-order valence-corrected chi connectivity index (χ3v) is 4.65. The van der Waals surface area contributed by atoms with Crippen molar-refractivity contribution in [3.63, 3.8) is 0 Å². The molecule has 0 bridgehead atoms. The highest BCUT2D eigenvalue weighted by Gasteiger charge is 2.09. The summed E-state index contributed by atoms with van der Waals surface area (Å²) in [7, 11) is 0. The molecule has 0 fully saturated rings. The van der Waals surface area contributed by atoms with Crippen LogP contribution in [-0.2, 0) is 6.42 Å².